The number of hydrogen-bond acceptors (Lipinski definition) is 5. The molecule has 1 heterocycles. The number of nitrogens with zero attached hydrogens (tertiary/aromatic N) is 1. The second-order valence-electron chi connectivity index (χ2n) is 5.05. The summed E-state index contributed by atoms with van der Waals surface area (Å²) in [4.78, 5) is 4.05. The van der Waals surface area contributed by atoms with Crippen molar-refractivity contribution in [2.24, 2.45) is 0 Å². The van der Waals surface area contributed by atoms with Gasteiger partial charge in [-0.2, -0.15) is 0 Å². The molecule has 0 amide bonds. The minimum absolute atomic E-state index is 0.0291. The number of aromatic nitrogens is 1. The minimum Gasteiger partial charge on any atom is -0.375 e. The van der Waals surface area contributed by atoms with Gasteiger partial charge in [0.05, 0.1) is 10.6 Å². The van der Waals surface area contributed by atoms with Crippen molar-refractivity contribution in [1.29, 1.82) is 0 Å². The number of halogens is 1. The Labute approximate surface area is 131 Å². The molecule has 1 aromatic rings. The first-order valence-electron chi connectivity index (χ1n) is 6.75. The normalized spacial score (nSPS) is 12.4. The van der Waals surface area contributed by atoms with E-state index in [4.69, 9.17) is 16.3 Å². The van der Waals surface area contributed by atoms with Crippen molar-refractivity contribution in [2.45, 2.75) is 38.2 Å². The second-order valence-corrected chi connectivity index (χ2v) is 7.22. The van der Waals surface area contributed by atoms with Crippen LogP contribution < -0.4 is 10.0 Å². The van der Waals surface area contributed by atoms with Gasteiger partial charge in [0.2, 0.25) is 10.0 Å². The molecule has 0 saturated carbocycles. The van der Waals surface area contributed by atoms with E-state index in [1.54, 1.807) is 0 Å². The summed E-state index contributed by atoms with van der Waals surface area (Å²) in [6, 6.07) is 1.38. The summed E-state index contributed by atoms with van der Waals surface area (Å²) in [6.07, 6.45) is 1.28. The zero-order valence-corrected chi connectivity index (χ0v) is 14.3. The van der Waals surface area contributed by atoms with Gasteiger partial charge in [0, 0.05) is 25.9 Å². The Kier molecular flexibility index (Phi) is 6.40. The smallest absolute Gasteiger partial charge is 0.242 e. The Hall–Kier alpha value is -0.890. The Morgan fingerprint density at radius 2 is 2.05 bits per heavy atom. The number of nitrogens with one attached hydrogen (secondary N) is 2. The second kappa shape index (κ2) is 7.40. The summed E-state index contributed by atoms with van der Waals surface area (Å²) in [5.41, 5.74) is -0.581. The van der Waals surface area contributed by atoms with Crippen LogP contribution in [-0.4, -0.2) is 38.7 Å². The van der Waals surface area contributed by atoms with Crippen molar-refractivity contribution >= 4 is 27.4 Å². The molecule has 120 valence electrons. The minimum atomic E-state index is -3.67. The van der Waals surface area contributed by atoms with Crippen LogP contribution in [0.15, 0.2) is 17.2 Å². The molecule has 0 aliphatic heterocycles. The van der Waals surface area contributed by atoms with Crippen LogP contribution in [-0.2, 0) is 14.8 Å². The van der Waals surface area contributed by atoms with Gasteiger partial charge in [0.15, 0.2) is 0 Å². The van der Waals surface area contributed by atoms with E-state index in [-0.39, 0.29) is 16.5 Å². The predicted molar refractivity (Wildman–Crippen MR) is 84.3 cm³/mol. The van der Waals surface area contributed by atoms with Crippen LogP contribution in [0, 0.1) is 0 Å². The van der Waals surface area contributed by atoms with Gasteiger partial charge in [-0.1, -0.05) is 11.6 Å². The highest BCUT2D eigenvalue weighted by Crippen LogP contribution is 2.22. The fourth-order valence-corrected chi connectivity index (χ4v) is 3.13. The molecule has 0 aliphatic rings. The Bertz CT molecular complexity index is 576. The van der Waals surface area contributed by atoms with Crippen LogP contribution in [0.2, 0.25) is 5.02 Å². The molecule has 6 nitrogen and oxygen atoms in total. The molecule has 1 aromatic heterocycles. The topological polar surface area (TPSA) is 80.3 Å². The molecule has 1 rings (SSSR count). The van der Waals surface area contributed by atoms with Crippen LogP contribution in [0.4, 0.5) is 5.82 Å². The lowest BCUT2D eigenvalue weighted by Gasteiger charge is -2.24. The van der Waals surface area contributed by atoms with Gasteiger partial charge in [-0.25, -0.2) is 18.1 Å². The highest BCUT2D eigenvalue weighted by Gasteiger charge is 2.23. The first-order valence-corrected chi connectivity index (χ1v) is 8.61. The predicted octanol–water partition coefficient (Wildman–Crippen LogP) is 2.26. The average Bonchev–Trinajstić information content (AvgIpc) is 2.39. The summed E-state index contributed by atoms with van der Waals surface area (Å²) >= 11 is 6.01. The SMILES string of the molecule is CCNc1ncc(S(=O)(=O)NCC(C)(C)OCC)cc1Cl. The van der Waals surface area contributed by atoms with E-state index in [1.165, 1.54) is 12.3 Å². The largest absolute Gasteiger partial charge is 0.375 e. The van der Waals surface area contributed by atoms with Gasteiger partial charge in [-0.3, -0.25) is 0 Å². The summed E-state index contributed by atoms with van der Waals surface area (Å²) in [5.74, 6) is 0.466. The summed E-state index contributed by atoms with van der Waals surface area (Å²) < 4.78 is 32.4. The molecular formula is C13H22ClN3O3S. The molecule has 0 spiro atoms. The Morgan fingerprint density at radius 1 is 1.38 bits per heavy atom. The third-order valence-corrected chi connectivity index (χ3v) is 4.35. The monoisotopic (exact) mass is 335 g/mol. The third-order valence-electron chi connectivity index (χ3n) is 2.69. The van der Waals surface area contributed by atoms with Crippen LogP contribution in [0.5, 0.6) is 0 Å². The van der Waals surface area contributed by atoms with E-state index in [2.05, 4.69) is 15.0 Å². The van der Waals surface area contributed by atoms with Crippen molar-refractivity contribution in [3.63, 3.8) is 0 Å². The van der Waals surface area contributed by atoms with Gasteiger partial charge >= 0.3 is 0 Å². The van der Waals surface area contributed by atoms with E-state index in [0.717, 1.165) is 0 Å². The van der Waals surface area contributed by atoms with Crippen LogP contribution in [0.1, 0.15) is 27.7 Å². The van der Waals surface area contributed by atoms with E-state index in [9.17, 15) is 8.42 Å². The highest BCUT2D eigenvalue weighted by atomic mass is 35.5. The zero-order valence-electron chi connectivity index (χ0n) is 12.7. The first kappa shape index (κ1) is 18.2. The van der Waals surface area contributed by atoms with Crippen molar-refractivity contribution in [1.82, 2.24) is 9.71 Å². The molecule has 0 saturated heterocycles. The standard InChI is InChI=1S/C13H22ClN3O3S/c1-5-15-12-11(14)7-10(8-16-12)21(18,19)17-9-13(3,4)20-6-2/h7-8,17H,5-6,9H2,1-4H3,(H,15,16). The number of rotatable bonds is 8. The third kappa shape index (κ3) is 5.43. The number of anilines is 1. The maximum Gasteiger partial charge on any atom is 0.242 e. The Morgan fingerprint density at radius 3 is 2.57 bits per heavy atom. The van der Waals surface area contributed by atoms with E-state index in [1.807, 2.05) is 27.7 Å². The molecule has 0 aliphatic carbocycles. The number of ether oxygens (including phenoxy) is 1. The highest BCUT2D eigenvalue weighted by molar-refractivity contribution is 7.89. The quantitative estimate of drug-likeness (QED) is 0.761. The van der Waals surface area contributed by atoms with Crippen molar-refractivity contribution in [3.8, 4) is 0 Å². The van der Waals surface area contributed by atoms with E-state index >= 15 is 0 Å². The van der Waals surface area contributed by atoms with Crippen molar-refractivity contribution < 1.29 is 13.2 Å². The molecule has 0 fully saturated rings. The van der Waals surface area contributed by atoms with Crippen LogP contribution in [0.25, 0.3) is 0 Å². The molecule has 0 radical (unpaired) electrons. The maximum absolute atomic E-state index is 12.2. The van der Waals surface area contributed by atoms with Crippen LogP contribution in [0.3, 0.4) is 0 Å². The lowest BCUT2D eigenvalue weighted by Crippen LogP contribution is -2.40. The molecular weight excluding hydrogens is 314 g/mol. The molecule has 0 unspecified atom stereocenters. The van der Waals surface area contributed by atoms with Gasteiger partial charge in [-0.15, -0.1) is 0 Å². The molecule has 0 bridgehead atoms. The van der Waals surface area contributed by atoms with Gasteiger partial charge in [-0.05, 0) is 33.8 Å². The van der Waals surface area contributed by atoms with Crippen molar-refractivity contribution in [2.75, 3.05) is 25.0 Å². The molecule has 8 heteroatoms. The molecule has 21 heavy (non-hydrogen) atoms. The summed E-state index contributed by atoms with van der Waals surface area (Å²) in [6.45, 7) is 8.73. The molecule has 2 N–H and O–H groups in total. The lowest BCUT2D eigenvalue weighted by atomic mass is 10.1. The summed E-state index contributed by atoms with van der Waals surface area (Å²) in [5, 5.41) is 3.22. The lowest BCUT2D eigenvalue weighted by molar-refractivity contribution is -0.00515. The van der Waals surface area contributed by atoms with Gasteiger partial charge < -0.3 is 10.1 Å². The number of sulfonamides is 1. The van der Waals surface area contributed by atoms with Gasteiger partial charge in [0.1, 0.15) is 10.7 Å². The van der Waals surface area contributed by atoms with E-state index < -0.39 is 15.6 Å². The molecule has 0 atom stereocenters. The summed E-state index contributed by atoms with van der Waals surface area (Å²) in [7, 11) is -3.67. The molecule has 0 aromatic carbocycles. The van der Waals surface area contributed by atoms with Gasteiger partial charge in [0.25, 0.3) is 0 Å². The fraction of sp³-hybridized carbons (Fsp3) is 0.615. The average molecular weight is 336 g/mol. The van der Waals surface area contributed by atoms with E-state index in [0.29, 0.717) is 19.0 Å². The number of pyridine rings is 1. The number of hydrogen-bond donors (Lipinski definition) is 2. The van der Waals surface area contributed by atoms with Crippen LogP contribution >= 0.6 is 11.6 Å². The van der Waals surface area contributed by atoms with Crippen molar-refractivity contribution in [3.05, 3.63) is 17.3 Å². The maximum atomic E-state index is 12.2. The first-order chi connectivity index (χ1) is 9.72. The zero-order chi connectivity index (χ0) is 16.1. The Balaban J connectivity index is 2.86. The fourth-order valence-electron chi connectivity index (χ4n) is 1.66.